The number of carbonyl (C=O) groups is 2. The number of nitrogens with one attached hydrogen (secondary N) is 1. The molecular formula is C12H22N2O4S. The predicted octanol–water partition coefficient (Wildman–Crippen LogP) is -0.0617. The van der Waals surface area contributed by atoms with Crippen LogP contribution < -0.4 is 5.32 Å². The zero-order valence-electron chi connectivity index (χ0n) is 11.7. The van der Waals surface area contributed by atoms with Gasteiger partial charge in [-0.2, -0.15) is 0 Å². The SMILES string of the molecule is CCCS(=O)(=O)CCN1C(=O)CNC(=O)C1(C)CC. The summed E-state index contributed by atoms with van der Waals surface area (Å²) in [4.78, 5) is 25.2. The fourth-order valence-electron chi connectivity index (χ4n) is 2.21. The van der Waals surface area contributed by atoms with E-state index in [1.807, 2.05) is 6.92 Å². The zero-order chi connectivity index (χ0) is 14.7. The van der Waals surface area contributed by atoms with E-state index in [1.165, 1.54) is 4.90 Å². The second kappa shape index (κ2) is 5.90. The fourth-order valence-corrected chi connectivity index (χ4v) is 3.49. The smallest absolute Gasteiger partial charge is 0.246 e. The topological polar surface area (TPSA) is 83.6 Å². The molecule has 1 heterocycles. The second-order valence-corrected chi connectivity index (χ2v) is 7.31. The van der Waals surface area contributed by atoms with E-state index in [0.717, 1.165) is 0 Å². The molecule has 110 valence electrons. The fraction of sp³-hybridized carbons (Fsp3) is 0.833. The summed E-state index contributed by atoms with van der Waals surface area (Å²) >= 11 is 0. The third-order valence-electron chi connectivity index (χ3n) is 3.62. The van der Waals surface area contributed by atoms with E-state index in [2.05, 4.69) is 5.32 Å². The Balaban J connectivity index is 2.84. The number of carbonyl (C=O) groups excluding carboxylic acids is 2. The summed E-state index contributed by atoms with van der Waals surface area (Å²) in [6, 6.07) is 0. The molecule has 7 heteroatoms. The first-order valence-electron chi connectivity index (χ1n) is 6.56. The van der Waals surface area contributed by atoms with Crippen LogP contribution in [0.25, 0.3) is 0 Å². The Bertz CT molecular complexity index is 460. The molecule has 0 aromatic rings. The highest BCUT2D eigenvalue weighted by molar-refractivity contribution is 7.91. The van der Waals surface area contributed by atoms with Crippen molar-refractivity contribution in [1.29, 1.82) is 0 Å². The maximum absolute atomic E-state index is 11.9. The van der Waals surface area contributed by atoms with E-state index >= 15 is 0 Å². The van der Waals surface area contributed by atoms with Gasteiger partial charge in [0.25, 0.3) is 0 Å². The molecule has 2 amide bonds. The van der Waals surface area contributed by atoms with Crippen LogP contribution in [-0.4, -0.2) is 55.3 Å². The largest absolute Gasteiger partial charge is 0.345 e. The molecular weight excluding hydrogens is 268 g/mol. The normalized spacial score (nSPS) is 24.5. The molecule has 19 heavy (non-hydrogen) atoms. The van der Waals surface area contributed by atoms with Crippen molar-refractivity contribution in [3.8, 4) is 0 Å². The van der Waals surface area contributed by atoms with Crippen LogP contribution in [0.15, 0.2) is 0 Å². The summed E-state index contributed by atoms with van der Waals surface area (Å²) in [5.74, 6) is -0.419. The van der Waals surface area contributed by atoms with E-state index in [4.69, 9.17) is 0 Å². The molecule has 0 radical (unpaired) electrons. The molecule has 0 bridgehead atoms. The molecule has 1 aliphatic heterocycles. The van der Waals surface area contributed by atoms with Crippen LogP contribution >= 0.6 is 0 Å². The van der Waals surface area contributed by atoms with Crippen molar-refractivity contribution in [3.63, 3.8) is 0 Å². The van der Waals surface area contributed by atoms with Gasteiger partial charge in [0.2, 0.25) is 11.8 Å². The van der Waals surface area contributed by atoms with E-state index in [-0.39, 0.29) is 36.4 Å². The highest BCUT2D eigenvalue weighted by Crippen LogP contribution is 2.22. The predicted molar refractivity (Wildman–Crippen MR) is 72.4 cm³/mol. The van der Waals surface area contributed by atoms with Gasteiger partial charge in [0.05, 0.1) is 12.3 Å². The molecule has 0 aromatic heterocycles. The third kappa shape index (κ3) is 3.46. The standard InChI is InChI=1S/C12H22N2O4S/c1-4-7-19(17,18)8-6-14-10(15)9-13-11(16)12(14,3)5-2/h4-9H2,1-3H3,(H,13,16). The van der Waals surface area contributed by atoms with Gasteiger partial charge in [0, 0.05) is 12.3 Å². The maximum Gasteiger partial charge on any atom is 0.246 e. The molecule has 1 saturated heterocycles. The molecule has 0 saturated carbocycles. The number of hydrogen-bond donors (Lipinski definition) is 1. The average molecular weight is 290 g/mol. The molecule has 6 nitrogen and oxygen atoms in total. The summed E-state index contributed by atoms with van der Waals surface area (Å²) in [5, 5.41) is 2.55. The zero-order valence-corrected chi connectivity index (χ0v) is 12.5. The minimum absolute atomic E-state index is 0.0533. The van der Waals surface area contributed by atoms with Crippen LogP contribution in [0.2, 0.25) is 0 Å². The van der Waals surface area contributed by atoms with Crippen molar-refractivity contribution in [2.75, 3.05) is 24.6 Å². The van der Waals surface area contributed by atoms with Crippen LogP contribution in [0.4, 0.5) is 0 Å². The molecule has 1 aliphatic rings. The first kappa shape index (κ1) is 15.9. The van der Waals surface area contributed by atoms with Gasteiger partial charge in [0.1, 0.15) is 5.54 Å². The van der Waals surface area contributed by atoms with Crippen molar-refractivity contribution >= 4 is 21.7 Å². The quantitative estimate of drug-likeness (QED) is 0.743. The second-order valence-electron chi connectivity index (χ2n) is 5.01. The van der Waals surface area contributed by atoms with Crippen molar-refractivity contribution < 1.29 is 18.0 Å². The molecule has 1 atom stereocenters. The van der Waals surface area contributed by atoms with Gasteiger partial charge in [-0.25, -0.2) is 8.42 Å². The van der Waals surface area contributed by atoms with Crippen LogP contribution in [0.3, 0.4) is 0 Å². The summed E-state index contributed by atoms with van der Waals surface area (Å²) in [7, 11) is -3.16. The Hall–Kier alpha value is -1.11. The lowest BCUT2D eigenvalue weighted by Gasteiger charge is -2.43. The Morgan fingerprint density at radius 3 is 2.42 bits per heavy atom. The number of hydrogen-bond acceptors (Lipinski definition) is 4. The third-order valence-corrected chi connectivity index (χ3v) is 5.45. The Kier molecular flexibility index (Phi) is 4.95. The van der Waals surface area contributed by atoms with Gasteiger partial charge < -0.3 is 10.2 Å². The number of sulfone groups is 1. The number of amides is 2. The van der Waals surface area contributed by atoms with E-state index in [9.17, 15) is 18.0 Å². The number of rotatable bonds is 6. The van der Waals surface area contributed by atoms with Crippen molar-refractivity contribution in [2.24, 2.45) is 0 Å². The molecule has 1 fully saturated rings. The van der Waals surface area contributed by atoms with Crippen LogP contribution in [0.5, 0.6) is 0 Å². The molecule has 0 spiro atoms. The summed E-state index contributed by atoms with van der Waals surface area (Å²) < 4.78 is 23.4. The van der Waals surface area contributed by atoms with Gasteiger partial charge in [-0.05, 0) is 19.8 Å². The van der Waals surface area contributed by atoms with Gasteiger partial charge in [0.15, 0.2) is 9.84 Å². The summed E-state index contributed by atoms with van der Waals surface area (Å²) in [6.07, 6.45) is 1.01. The number of nitrogens with zero attached hydrogens (tertiary/aromatic N) is 1. The summed E-state index contributed by atoms with van der Waals surface area (Å²) in [6.45, 7) is 5.31. The maximum atomic E-state index is 11.9. The minimum Gasteiger partial charge on any atom is -0.345 e. The summed E-state index contributed by atoms with van der Waals surface area (Å²) in [5.41, 5.74) is -0.947. The van der Waals surface area contributed by atoms with E-state index in [0.29, 0.717) is 12.8 Å². The van der Waals surface area contributed by atoms with Crippen LogP contribution in [0.1, 0.15) is 33.6 Å². The average Bonchev–Trinajstić information content (AvgIpc) is 2.34. The highest BCUT2D eigenvalue weighted by atomic mass is 32.2. The Morgan fingerprint density at radius 2 is 1.89 bits per heavy atom. The number of piperazine rings is 1. The van der Waals surface area contributed by atoms with Crippen molar-refractivity contribution in [2.45, 2.75) is 39.2 Å². The monoisotopic (exact) mass is 290 g/mol. The molecule has 0 aromatic carbocycles. The minimum atomic E-state index is -3.16. The first-order valence-corrected chi connectivity index (χ1v) is 8.38. The van der Waals surface area contributed by atoms with Gasteiger partial charge >= 0.3 is 0 Å². The lowest BCUT2D eigenvalue weighted by atomic mass is 9.93. The molecule has 1 N–H and O–H groups in total. The van der Waals surface area contributed by atoms with Crippen LogP contribution in [0, 0.1) is 0 Å². The van der Waals surface area contributed by atoms with Crippen molar-refractivity contribution in [3.05, 3.63) is 0 Å². The molecule has 1 unspecified atom stereocenters. The molecule has 1 rings (SSSR count). The van der Waals surface area contributed by atoms with E-state index in [1.54, 1.807) is 13.8 Å². The first-order chi connectivity index (χ1) is 8.77. The Labute approximate surface area is 114 Å². The van der Waals surface area contributed by atoms with E-state index < -0.39 is 15.4 Å². The van der Waals surface area contributed by atoms with Gasteiger partial charge in [-0.1, -0.05) is 13.8 Å². The highest BCUT2D eigenvalue weighted by Gasteiger charge is 2.44. The van der Waals surface area contributed by atoms with Crippen molar-refractivity contribution in [1.82, 2.24) is 10.2 Å². The van der Waals surface area contributed by atoms with Crippen LogP contribution in [-0.2, 0) is 19.4 Å². The lowest BCUT2D eigenvalue weighted by Crippen LogP contribution is -2.66. The van der Waals surface area contributed by atoms with Gasteiger partial charge in [-0.15, -0.1) is 0 Å². The lowest BCUT2D eigenvalue weighted by molar-refractivity contribution is -0.152. The van der Waals surface area contributed by atoms with Gasteiger partial charge in [-0.3, -0.25) is 9.59 Å². The molecule has 0 aliphatic carbocycles. The Morgan fingerprint density at radius 1 is 1.26 bits per heavy atom.